The number of hydrogen-bond donors (Lipinski definition) is 3. The molecule has 0 aliphatic heterocycles. The molecule has 8 nitrogen and oxygen atoms in total. The van der Waals surface area contributed by atoms with Gasteiger partial charge in [-0.1, -0.05) is 6.92 Å². The maximum absolute atomic E-state index is 13.4. The molecule has 0 unspecified atom stereocenters. The van der Waals surface area contributed by atoms with Crippen molar-refractivity contribution in [2.75, 3.05) is 11.3 Å². The lowest BCUT2D eigenvalue weighted by molar-refractivity contribution is 0.0691. The van der Waals surface area contributed by atoms with Gasteiger partial charge in [0.2, 0.25) is 10.0 Å². The van der Waals surface area contributed by atoms with Crippen LogP contribution in [0, 0.1) is 5.82 Å². The van der Waals surface area contributed by atoms with Gasteiger partial charge in [0, 0.05) is 12.2 Å². The van der Waals surface area contributed by atoms with E-state index in [1.54, 1.807) is 6.92 Å². The molecular weight excluding hydrogens is 387 g/mol. The van der Waals surface area contributed by atoms with E-state index < -0.39 is 42.3 Å². The molecule has 0 saturated carbocycles. The van der Waals surface area contributed by atoms with Gasteiger partial charge < -0.3 is 5.11 Å². The monoisotopic (exact) mass is 402 g/mol. The minimum Gasteiger partial charge on any atom is -0.478 e. The number of carboxylic acid groups (broad SMARTS) is 1. The maximum atomic E-state index is 13.4. The zero-order valence-electron chi connectivity index (χ0n) is 13.4. The predicted octanol–water partition coefficient (Wildman–Crippen LogP) is 1.62. The summed E-state index contributed by atoms with van der Waals surface area (Å²) < 4.78 is 66.2. The summed E-state index contributed by atoms with van der Waals surface area (Å²) in [6, 6.07) is 7.27. The number of aromatic carboxylic acids is 1. The number of carbonyl (C=O) groups is 1. The Morgan fingerprint density at radius 2 is 1.58 bits per heavy atom. The van der Waals surface area contributed by atoms with Gasteiger partial charge in [-0.05, 0) is 42.5 Å². The summed E-state index contributed by atoms with van der Waals surface area (Å²) in [5.74, 6) is -2.66. The molecule has 0 amide bonds. The fourth-order valence-electron chi connectivity index (χ4n) is 2.02. The van der Waals surface area contributed by atoms with E-state index in [4.69, 9.17) is 5.11 Å². The summed E-state index contributed by atoms with van der Waals surface area (Å²) in [5, 5.41) is 8.88. The molecule has 0 aliphatic carbocycles. The van der Waals surface area contributed by atoms with E-state index >= 15 is 0 Å². The van der Waals surface area contributed by atoms with Crippen molar-refractivity contribution in [3.05, 3.63) is 53.8 Å². The van der Waals surface area contributed by atoms with Crippen LogP contribution < -0.4 is 9.44 Å². The molecule has 140 valence electrons. The van der Waals surface area contributed by atoms with Crippen LogP contribution in [0.25, 0.3) is 0 Å². The van der Waals surface area contributed by atoms with Crippen molar-refractivity contribution in [2.45, 2.75) is 16.7 Å². The first-order chi connectivity index (χ1) is 12.1. The Hall–Kier alpha value is -2.50. The second-order valence-corrected chi connectivity index (χ2v) is 8.53. The molecule has 0 spiro atoms. The first-order valence-corrected chi connectivity index (χ1v) is 10.2. The number of hydrogen-bond acceptors (Lipinski definition) is 5. The molecule has 0 saturated heterocycles. The highest BCUT2D eigenvalue weighted by Gasteiger charge is 2.20. The molecule has 0 aromatic heterocycles. The molecule has 0 heterocycles. The Morgan fingerprint density at radius 3 is 2.12 bits per heavy atom. The van der Waals surface area contributed by atoms with Gasteiger partial charge >= 0.3 is 5.97 Å². The summed E-state index contributed by atoms with van der Waals surface area (Å²) >= 11 is 0. The number of carboxylic acids is 1. The lowest BCUT2D eigenvalue weighted by Gasteiger charge is -2.10. The minimum absolute atomic E-state index is 0.0442. The average molecular weight is 402 g/mol. The minimum atomic E-state index is -4.19. The Balaban J connectivity index is 2.30. The third kappa shape index (κ3) is 4.36. The Bertz CT molecular complexity index is 1030. The van der Waals surface area contributed by atoms with E-state index in [1.807, 2.05) is 0 Å². The second-order valence-electron chi connectivity index (χ2n) is 5.08. The summed E-state index contributed by atoms with van der Waals surface area (Å²) in [6.07, 6.45) is 0. The molecular formula is C15H15FN2O6S2. The zero-order chi connectivity index (χ0) is 19.5. The fraction of sp³-hybridized carbons (Fsp3) is 0.133. The predicted molar refractivity (Wildman–Crippen MR) is 91.5 cm³/mol. The van der Waals surface area contributed by atoms with Crippen LogP contribution in [0.4, 0.5) is 10.1 Å². The molecule has 0 atom stereocenters. The molecule has 0 aliphatic rings. The molecule has 2 aromatic rings. The van der Waals surface area contributed by atoms with Crippen molar-refractivity contribution in [1.29, 1.82) is 0 Å². The van der Waals surface area contributed by atoms with E-state index in [9.17, 15) is 26.0 Å². The van der Waals surface area contributed by atoms with Crippen LogP contribution >= 0.6 is 0 Å². The topological polar surface area (TPSA) is 130 Å². The van der Waals surface area contributed by atoms with Crippen molar-refractivity contribution in [1.82, 2.24) is 4.72 Å². The number of nitrogens with one attached hydrogen (secondary N) is 2. The van der Waals surface area contributed by atoms with Crippen LogP contribution in [-0.2, 0) is 20.0 Å². The summed E-state index contributed by atoms with van der Waals surface area (Å²) in [7, 11) is -7.87. The lowest BCUT2D eigenvalue weighted by Crippen LogP contribution is -2.23. The molecule has 0 radical (unpaired) electrons. The number of halogens is 1. The molecule has 2 rings (SSSR count). The van der Waals surface area contributed by atoms with Crippen molar-refractivity contribution < 1.29 is 31.1 Å². The molecule has 26 heavy (non-hydrogen) atoms. The fourth-order valence-corrected chi connectivity index (χ4v) is 4.15. The summed E-state index contributed by atoms with van der Waals surface area (Å²) in [6.45, 7) is 1.82. The maximum Gasteiger partial charge on any atom is 0.338 e. The largest absolute Gasteiger partial charge is 0.478 e. The van der Waals surface area contributed by atoms with Gasteiger partial charge in [0.05, 0.1) is 15.4 Å². The van der Waals surface area contributed by atoms with Crippen LogP contribution in [0.15, 0.2) is 52.3 Å². The second kappa shape index (κ2) is 7.40. The van der Waals surface area contributed by atoms with Gasteiger partial charge in [-0.25, -0.2) is 30.7 Å². The van der Waals surface area contributed by atoms with Crippen molar-refractivity contribution in [3.8, 4) is 0 Å². The van der Waals surface area contributed by atoms with Gasteiger partial charge in [-0.2, -0.15) is 0 Å². The Morgan fingerprint density at radius 1 is 1.00 bits per heavy atom. The van der Waals surface area contributed by atoms with E-state index in [0.29, 0.717) is 6.07 Å². The number of sulfonamides is 2. The van der Waals surface area contributed by atoms with Crippen LogP contribution in [0.1, 0.15) is 17.3 Å². The molecule has 0 bridgehead atoms. The molecule has 11 heteroatoms. The number of benzene rings is 2. The van der Waals surface area contributed by atoms with E-state index in [2.05, 4.69) is 9.44 Å². The van der Waals surface area contributed by atoms with Crippen LogP contribution in [0.5, 0.6) is 0 Å². The zero-order valence-corrected chi connectivity index (χ0v) is 15.1. The van der Waals surface area contributed by atoms with E-state index in [-0.39, 0.29) is 17.1 Å². The van der Waals surface area contributed by atoms with Crippen LogP contribution in [-0.4, -0.2) is 34.5 Å². The molecule has 2 aromatic carbocycles. The highest BCUT2D eigenvalue weighted by Crippen LogP contribution is 2.20. The number of rotatable bonds is 7. The SMILES string of the molecule is CCNS(=O)(=O)c1ccc(NS(=O)(=O)c2ccc(F)c(C(=O)O)c2)cc1. The third-order valence-electron chi connectivity index (χ3n) is 3.23. The quantitative estimate of drug-likeness (QED) is 0.645. The smallest absolute Gasteiger partial charge is 0.338 e. The Kier molecular flexibility index (Phi) is 5.64. The molecule has 3 N–H and O–H groups in total. The van der Waals surface area contributed by atoms with Gasteiger partial charge in [0.25, 0.3) is 10.0 Å². The standard InChI is InChI=1S/C15H15FN2O6S2/c1-2-17-25(21,22)11-5-3-10(4-6-11)18-26(23,24)12-7-8-14(16)13(9-12)15(19)20/h3-9,17-18H,2H2,1H3,(H,19,20). The molecule has 0 fully saturated rings. The first-order valence-electron chi connectivity index (χ1n) is 7.22. The van der Waals surface area contributed by atoms with E-state index in [1.165, 1.54) is 24.3 Å². The number of anilines is 1. The van der Waals surface area contributed by atoms with Crippen LogP contribution in [0.2, 0.25) is 0 Å². The Labute approximate surface area is 149 Å². The van der Waals surface area contributed by atoms with Crippen molar-refractivity contribution in [3.63, 3.8) is 0 Å². The van der Waals surface area contributed by atoms with Crippen LogP contribution in [0.3, 0.4) is 0 Å². The highest BCUT2D eigenvalue weighted by molar-refractivity contribution is 7.92. The van der Waals surface area contributed by atoms with Gasteiger partial charge in [-0.3, -0.25) is 4.72 Å². The van der Waals surface area contributed by atoms with Gasteiger partial charge in [-0.15, -0.1) is 0 Å². The van der Waals surface area contributed by atoms with Crippen molar-refractivity contribution in [2.24, 2.45) is 0 Å². The van der Waals surface area contributed by atoms with E-state index in [0.717, 1.165) is 12.1 Å². The average Bonchev–Trinajstić information content (AvgIpc) is 2.54. The van der Waals surface area contributed by atoms with Gasteiger partial charge in [0.15, 0.2) is 0 Å². The van der Waals surface area contributed by atoms with Gasteiger partial charge in [0.1, 0.15) is 5.82 Å². The van der Waals surface area contributed by atoms with Crippen molar-refractivity contribution >= 4 is 31.7 Å². The normalized spacial score (nSPS) is 11.9. The lowest BCUT2D eigenvalue weighted by atomic mass is 10.2. The summed E-state index contributed by atoms with van der Waals surface area (Å²) in [4.78, 5) is 10.4. The third-order valence-corrected chi connectivity index (χ3v) is 6.17. The highest BCUT2D eigenvalue weighted by atomic mass is 32.2. The first kappa shape index (κ1) is 19.8. The summed E-state index contributed by atoms with van der Waals surface area (Å²) in [5.41, 5.74) is -0.721.